The molecule has 0 rings (SSSR count). The van der Waals surface area contributed by atoms with Gasteiger partial charge in [0.2, 0.25) is 10.0 Å². The molecule has 2 unspecified atom stereocenters. The molecule has 0 aromatic carbocycles. The Kier molecular flexibility index (Phi) is 21.2. The van der Waals surface area contributed by atoms with Crippen LogP contribution in [0, 0.1) is 0 Å². The number of carboxylic acids is 1. The Hall–Kier alpha value is -0.700. The molecule has 0 aromatic rings. The molecule has 0 radical (unpaired) electrons. The summed E-state index contributed by atoms with van der Waals surface area (Å²) in [5.74, 6) is -0.655. The Bertz CT molecular complexity index is 498. The first-order valence-corrected chi connectivity index (χ1v) is 13.2. The van der Waals surface area contributed by atoms with Gasteiger partial charge in [-0.3, -0.25) is 9.69 Å². The number of carbonyl (C=O) groups is 1. The summed E-state index contributed by atoms with van der Waals surface area (Å²) in [7, 11) is -0.432. The van der Waals surface area contributed by atoms with Crippen LogP contribution >= 0.6 is 0 Å². The first-order valence-electron chi connectivity index (χ1n) is 11.6. The van der Waals surface area contributed by atoms with E-state index < -0.39 is 27.6 Å². The minimum Gasteiger partial charge on any atom is -0.481 e. The Morgan fingerprint density at radius 3 is 1.53 bits per heavy atom. The third kappa shape index (κ3) is 19.3. The highest BCUT2D eigenvalue weighted by Gasteiger charge is 2.25. The first kappa shape index (κ1) is 31.5. The molecular formula is C22H48N2O5S. The van der Waals surface area contributed by atoms with Crippen LogP contribution in [0.3, 0.4) is 0 Å². The van der Waals surface area contributed by atoms with E-state index in [0.717, 1.165) is 12.8 Å². The van der Waals surface area contributed by atoms with Gasteiger partial charge in [-0.2, -0.15) is 0 Å². The monoisotopic (exact) mass is 452 g/mol. The molecule has 0 heterocycles. The van der Waals surface area contributed by atoms with Crippen molar-refractivity contribution in [2.45, 2.75) is 122 Å². The van der Waals surface area contributed by atoms with Gasteiger partial charge in [-0.25, -0.2) is 13.1 Å². The van der Waals surface area contributed by atoms with Crippen molar-refractivity contribution in [3.8, 4) is 0 Å². The van der Waals surface area contributed by atoms with Crippen molar-refractivity contribution in [3.63, 3.8) is 0 Å². The average Bonchev–Trinajstić information content (AvgIpc) is 2.70. The number of nitrogens with one attached hydrogen (secondary N) is 1. The van der Waals surface area contributed by atoms with E-state index in [1.165, 1.54) is 96.4 Å². The molecular weight excluding hydrogens is 404 g/mol. The van der Waals surface area contributed by atoms with Gasteiger partial charge in [-0.15, -0.1) is 0 Å². The average molecular weight is 453 g/mol. The number of aliphatic carboxylic acids is 1. The molecule has 0 saturated heterocycles. The molecule has 0 aliphatic heterocycles. The van der Waals surface area contributed by atoms with Gasteiger partial charge in [0.25, 0.3) is 0 Å². The fraction of sp³-hybridized carbons (Fsp3) is 0.955. The molecule has 2 atom stereocenters. The molecule has 7 nitrogen and oxygen atoms in total. The molecule has 0 amide bonds. The molecule has 182 valence electrons. The summed E-state index contributed by atoms with van der Waals surface area (Å²) in [5.41, 5.74) is 0. The van der Waals surface area contributed by atoms with Crippen molar-refractivity contribution in [2.24, 2.45) is 0 Å². The second kappa shape index (κ2) is 20.2. The normalized spacial score (nSPS) is 13.6. The zero-order valence-electron chi connectivity index (χ0n) is 20.0. The van der Waals surface area contributed by atoms with Crippen LogP contribution in [0.25, 0.3) is 0 Å². The zero-order valence-corrected chi connectivity index (χ0v) is 20.8. The minimum absolute atomic E-state index is 0.345. The van der Waals surface area contributed by atoms with Crippen LogP contribution in [-0.4, -0.2) is 55.2 Å². The van der Waals surface area contributed by atoms with Crippen molar-refractivity contribution in [1.29, 1.82) is 0 Å². The lowest BCUT2D eigenvalue weighted by Gasteiger charge is -2.26. The SMILES string of the molecule is CCCCCCCCCCCCCCCC(=O)O.CNS(=O)(=O)C(C)N(C)C(C)O. The molecule has 3 N–H and O–H groups in total. The second-order valence-electron chi connectivity index (χ2n) is 8.03. The molecule has 0 aliphatic rings. The Morgan fingerprint density at radius 1 is 0.867 bits per heavy atom. The maximum atomic E-state index is 11.2. The van der Waals surface area contributed by atoms with Gasteiger partial charge in [0, 0.05) is 6.42 Å². The summed E-state index contributed by atoms with van der Waals surface area (Å²) >= 11 is 0. The van der Waals surface area contributed by atoms with Crippen LogP contribution in [-0.2, 0) is 14.8 Å². The summed E-state index contributed by atoms with van der Waals surface area (Å²) < 4.78 is 24.6. The zero-order chi connectivity index (χ0) is 23.4. The molecule has 0 spiro atoms. The van der Waals surface area contributed by atoms with E-state index in [1.54, 1.807) is 7.05 Å². The van der Waals surface area contributed by atoms with Crippen molar-refractivity contribution in [1.82, 2.24) is 9.62 Å². The number of carboxylic acid groups (broad SMARTS) is 1. The fourth-order valence-electron chi connectivity index (χ4n) is 2.99. The molecule has 8 heteroatoms. The van der Waals surface area contributed by atoms with E-state index in [9.17, 15) is 13.2 Å². The maximum absolute atomic E-state index is 11.2. The van der Waals surface area contributed by atoms with Crippen molar-refractivity contribution >= 4 is 16.0 Å². The highest BCUT2D eigenvalue weighted by Crippen LogP contribution is 2.12. The number of hydrogen-bond donors (Lipinski definition) is 3. The lowest BCUT2D eigenvalue weighted by atomic mass is 10.0. The van der Waals surface area contributed by atoms with E-state index in [1.807, 2.05) is 0 Å². The van der Waals surface area contributed by atoms with Gasteiger partial charge >= 0.3 is 5.97 Å². The molecule has 0 saturated carbocycles. The van der Waals surface area contributed by atoms with E-state index >= 15 is 0 Å². The predicted molar refractivity (Wildman–Crippen MR) is 125 cm³/mol. The fourth-order valence-corrected chi connectivity index (χ4v) is 3.94. The smallest absolute Gasteiger partial charge is 0.303 e. The Balaban J connectivity index is 0. The third-order valence-electron chi connectivity index (χ3n) is 5.39. The molecule has 0 bridgehead atoms. The number of aliphatic hydroxyl groups excluding tert-OH is 1. The van der Waals surface area contributed by atoms with Gasteiger partial charge in [-0.05, 0) is 34.4 Å². The topological polar surface area (TPSA) is 107 Å². The van der Waals surface area contributed by atoms with Crippen LogP contribution in [0.15, 0.2) is 0 Å². The van der Waals surface area contributed by atoms with Crippen molar-refractivity contribution in [2.75, 3.05) is 14.1 Å². The molecule has 30 heavy (non-hydrogen) atoms. The van der Waals surface area contributed by atoms with Gasteiger partial charge in [0.1, 0.15) is 11.6 Å². The number of hydrogen-bond acceptors (Lipinski definition) is 5. The van der Waals surface area contributed by atoms with Gasteiger partial charge in [-0.1, -0.05) is 84.0 Å². The van der Waals surface area contributed by atoms with E-state index in [0.29, 0.717) is 6.42 Å². The summed E-state index contributed by atoms with van der Waals surface area (Å²) in [5, 5.41) is 16.8. The summed E-state index contributed by atoms with van der Waals surface area (Å²) in [6.07, 6.45) is 16.5. The highest BCUT2D eigenvalue weighted by atomic mass is 32.2. The van der Waals surface area contributed by atoms with Gasteiger partial charge < -0.3 is 10.2 Å². The van der Waals surface area contributed by atoms with E-state index in [-0.39, 0.29) is 0 Å². The van der Waals surface area contributed by atoms with Gasteiger partial charge in [0.15, 0.2) is 0 Å². The van der Waals surface area contributed by atoms with Crippen molar-refractivity contribution < 1.29 is 23.4 Å². The van der Waals surface area contributed by atoms with Crippen LogP contribution in [0.1, 0.15) is 111 Å². The van der Waals surface area contributed by atoms with Crippen LogP contribution in [0.2, 0.25) is 0 Å². The number of nitrogens with zero attached hydrogens (tertiary/aromatic N) is 1. The largest absolute Gasteiger partial charge is 0.481 e. The Morgan fingerprint density at radius 2 is 1.23 bits per heavy atom. The van der Waals surface area contributed by atoms with E-state index in [2.05, 4.69) is 11.6 Å². The predicted octanol–water partition coefficient (Wildman–Crippen LogP) is 4.70. The number of rotatable bonds is 18. The quantitative estimate of drug-likeness (QED) is 0.205. The standard InChI is InChI=1S/C16H32O2.C6H16N2O3S/c1-2-3-4-5-6-7-8-9-10-11-12-13-14-15-16(17)18;1-5(9)8(4)6(2)12(10,11)7-3/h2-15H2,1H3,(H,17,18);5-7,9H,1-4H3. The first-order chi connectivity index (χ1) is 14.1. The maximum Gasteiger partial charge on any atom is 0.303 e. The summed E-state index contributed by atoms with van der Waals surface area (Å²) in [6.45, 7) is 5.29. The minimum atomic E-state index is -3.33. The lowest BCUT2D eigenvalue weighted by molar-refractivity contribution is -0.137. The van der Waals surface area contributed by atoms with Crippen LogP contribution < -0.4 is 4.72 Å². The number of unbranched alkanes of at least 4 members (excludes halogenated alkanes) is 12. The van der Waals surface area contributed by atoms with Crippen LogP contribution in [0.5, 0.6) is 0 Å². The second-order valence-corrected chi connectivity index (χ2v) is 10.2. The molecule has 0 fully saturated rings. The van der Waals surface area contributed by atoms with Crippen molar-refractivity contribution in [3.05, 3.63) is 0 Å². The Labute approximate surface area is 185 Å². The van der Waals surface area contributed by atoms with E-state index in [4.69, 9.17) is 10.2 Å². The molecule has 0 aliphatic carbocycles. The number of aliphatic hydroxyl groups is 1. The number of sulfonamides is 1. The highest BCUT2D eigenvalue weighted by molar-refractivity contribution is 7.90. The summed E-state index contributed by atoms with van der Waals surface area (Å²) in [4.78, 5) is 11.7. The summed E-state index contributed by atoms with van der Waals surface area (Å²) in [6, 6.07) is 0. The van der Waals surface area contributed by atoms with Gasteiger partial charge in [0.05, 0.1) is 0 Å². The molecule has 0 aromatic heterocycles. The van der Waals surface area contributed by atoms with Crippen LogP contribution in [0.4, 0.5) is 0 Å². The third-order valence-corrected chi connectivity index (χ3v) is 7.19. The lowest BCUT2D eigenvalue weighted by Crippen LogP contribution is -2.45.